The van der Waals surface area contributed by atoms with Crippen LogP contribution in [0.4, 0.5) is 5.69 Å². The molecule has 128 valence electrons. The van der Waals surface area contributed by atoms with Crippen LogP contribution >= 0.6 is 0 Å². The van der Waals surface area contributed by atoms with Gasteiger partial charge in [0.25, 0.3) is 17.5 Å². The van der Waals surface area contributed by atoms with E-state index in [9.17, 15) is 24.5 Å². The number of fused-ring (bicyclic) bond motifs is 1. The summed E-state index contributed by atoms with van der Waals surface area (Å²) in [6.07, 6.45) is 0. The first-order chi connectivity index (χ1) is 11.2. The van der Waals surface area contributed by atoms with Crippen LogP contribution in [0, 0.1) is 10.1 Å². The quantitative estimate of drug-likeness (QED) is 0.465. The molecule has 1 heterocycles. The van der Waals surface area contributed by atoms with Gasteiger partial charge in [-0.1, -0.05) is 6.07 Å². The number of benzene rings is 1. The Bertz CT molecular complexity index is 718. The summed E-state index contributed by atoms with van der Waals surface area (Å²) in [6.45, 7) is 6.92. The van der Waals surface area contributed by atoms with Crippen molar-refractivity contribution in [3.63, 3.8) is 0 Å². The zero-order chi connectivity index (χ0) is 18.2. The lowest BCUT2D eigenvalue weighted by atomic mass is 10.1. The maximum absolute atomic E-state index is 12.5. The van der Waals surface area contributed by atoms with E-state index in [0.29, 0.717) is 0 Å². The molecule has 0 radical (unpaired) electrons. The lowest BCUT2D eigenvalue weighted by Crippen LogP contribution is -2.48. The first-order valence-corrected chi connectivity index (χ1v) is 7.61. The highest BCUT2D eigenvalue weighted by Crippen LogP contribution is 2.30. The number of hydrogen-bond donors (Lipinski definition) is 0. The van der Waals surface area contributed by atoms with Crippen molar-refractivity contribution in [2.24, 2.45) is 0 Å². The van der Waals surface area contributed by atoms with Crippen LogP contribution in [0.5, 0.6) is 0 Å². The molecule has 24 heavy (non-hydrogen) atoms. The van der Waals surface area contributed by atoms with E-state index in [1.807, 2.05) is 27.7 Å². The highest BCUT2D eigenvalue weighted by molar-refractivity contribution is 6.24. The van der Waals surface area contributed by atoms with E-state index in [0.717, 1.165) is 4.90 Å². The molecule has 8 nitrogen and oxygen atoms in total. The third kappa shape index (κ3) is 2.86. The molecule has 0 saturated heterocycles. The topological polar surface area (TPSA) is 101 Å². The molecular formula is C16H19N3O5. The number of nitro benzene ring substituents is 1. The Balaban J connectivity index is 2.33. The molecule has 0 aromatic heterocycles. The second-order valence-electron chi connectivity index (χ2n) is 6.14. The molecule has 2 rings (SSSR count). The predicted molar refractivity (Wildman–Crippen MR) is 85.6 cm³/mol. The van der Waals surface area contributed by atoms with Crippen molar-refractivity contribution < 1.29 is 19.3 Å². The first-order valence-electron chi connectivity index (χ1n) is 7.61. The molecule has 3 amide bonds. The predicted octanol–water partition coefficient (Wildman–Crippen LogP) is 1.84. The third-order valence-electron chi connectivity index (χ3n) is 3.87. The molecule has 8 heteroatoms. The Labute approximate surface area is 139 Å². The standard InChI is InChI=1S/C16H19N3O5/c1-9(2)18(10(3)4)13(20)8-17-15(21)11-6-5-7-12(19(23)24)14(11)16(17)22/h5-7,9-10H,8H2,1-4H3. The molecule has 0 spiro atoms. The van der Waals surface area contributed by atoms with Gasteiger partial charge in [-0.2, -0.15) is 0 Å². The molecule has 0 atom stereocenters. The highest BCUT2D eigenvalue weighted by Gasteiger charge is 2.42. The maximum atomic E-state index is 12.5. The Morgan fingerprint density at radius 1 is 1.17 bits per heavy atom. The van der Waals surface area contributed by atoms with Gasteiger partial charge in [-0.3, -0.25) is 29.4 Å². The minimum atomic E-state index is -0.803. The van der Waals surface area contributed by atoms with E-state index >= 15 is 0 Å². The average molecular weight is 333 g/mol. The molecule has 0 N–H and O–H groups in total. The van der Waals surface area contributed by atoms with Gasteiger partial charge >= 0.3 is 0 Å². The second kappa shape index (κ2) is 6.38. The maximum Gasteiger partial charge on any atom is 0.282 e. The summed E-state index contributed by atoms with van der Waals surface area (Å²) in [6, 6.07) is 3.69. The Morgan fingerprint density at radius 2 is 1.75 bits per heavy atom. The van der Waals surface area contributed by atoms with Crippen molar-refractivity contribution in [3.8, 4) is 0 Å². The number of hydrogen-bond acceptors (Lipinski definition) is 5. The summed E-state index contributed by atoms with van der Waals surface area (Å²) in [7, 11) is 0. The van der Waals surface area contributed by atoms with Gasteiger partial charge in [-0.25, -0.2) is 0 Å². The van der Waals surface area contributed by atoms with Crippen molar-refractivity contribution in [2.45, 2.75) is 39.8 Å². The van der Waals surface area contributed by atoms with Gasteiger partial charge in [0.2, 0.25) is 5.91 Å². The van der Waals surface area contributed by atoms with E-state index in [1.165, 1.54) is 18.2 Å². The van der Waals surface area contributed by atoms with Crippen molar-refractivity contribution in [1.29, 1.82) is 0 Å². The number of nitrogens with zero attached hydrogens (tertiary/aromatic N) is 3. The van der Waals surface area contributed by atoms with E-state index in [2.05, 4.69) is 0 Å². The Hall–Kier alpha value is -2.77. The minimum absolute atomic E-state index is 0.0392. The molecule has 1 aromatic rings. The monoisotopic (exact) mass is 333 g/mol. The van der Waals surface area contributed by atoms with Crippen molar-refractivity contribution >= 4 is 23.4 Å². The van der Waals surface area contributed by atoms with Gasteiger partial charge in [-0.05, 0) is 33.8 Å². The SMILES string of the molecule is CC(C)N(C(=O)CN1C(=O)c2cccc([N+](=O)[O-])c2C1=O)C(C)C. The van der Waals surface area contributed by atoms with Crippen LogP contribution in [-0.4, -0.2) is 51.1 Å². The summed E-state index contributed by atoms with van der Waals surface area (Å²) < 4.78 is 0. The second-order valence-corrected chi connectivity index (χ2v) is 6.14. The van der Waals surface area contributed by atoms with Gasteiger partial charge < -0.3 is 4.90 Å². The van der Waals surface area contributed by atoms with Crippen molar-refractivity contribution in [2.75, 3.05) is 6.54 Å². The lowest BCUT2D eigenvalue weighted by Gasteiger charge is -2.31. The van der Waals surface area contributed by atoms with Gasteiger partial charge in [0.05, 0.1) is 10.5 Å². The molecule has 1 aromatic carbocycles. The summed E-state index contributed by atoms with van der Waals surface area (Å²) >= 11 is 0. The number of amides is 3. The third-order valence-corrected chi connectivity index (χ3v) is 3.87. The van der Waals surface area contributed by atoms with E-state index in [4.69, 9.17) is 0 Å². The van der Waals surface area contributed by atoms with Crippen LogP contribution in [0.1, 0.15) is 48.4 Å². The number of rotatable bonds is 5. The molecule has 0 fully saturated rings. The molecule has 0 unspecified atom stereocenters. The van der Waals surface area contributed by atoms with Crippen molar-refractivity contribution in [3.05, 3.63) is 39.4 Å². The van der Waals surface area contributed by atoms with Gasteiger partial charge in [0, 0.05) is 18.2 Å². The number of imide groups is 1. The zero-order valence-corrected chi connectivity index (χ0v) is 14.0. The van der Waals surface area contributed by atoms with Gasteiger partial charge in [0.15, 0.2) is 0 Å². The summed E-state index contributed by atoms with van der Waals surface area (Å²) in [5.41, 5.74) is -0.714. The summed E-state index contributed by atoms with van der Waals surface area (Å²) in [4.78, 5) is 50.1. The fourth-order valence-corrected chi connectivity index (χ4v) is 3.00. The molecule has 1 aliphatic heterocycles. The first kappa shape index (κ1) is 17.6. The number of nitro groups is 1. The average Bonchev–Trinajstić information content (AvgIpc) is 2.71. The smallest absolute Gasteiger partial charge is 0.282 e. The van der Waals surface area contributed by atoms with Gasteiger partial charge in [-0.15, -0.1) is 0 Å². The molecular weight excluding hydrogens is 314 g/mol. The summed E-state index contributed by atoms with van der Waals surface area (Å²) in [5, 5.41) is 11.1. The lowest BCUT2D eigenvalue weighted by molar-refractivity contribution is -0.385. The van der Waals surface area contributed by atoms with Crippen LogP contribution in [0.25, 0.3) is 0 Å². The number of carbonyl (C=O) groups is 3. The van der Waals surface area contributed by atoms with Crippen LogP contribution in [0.2, 0.25) is 0 Å². The minimum Gasteiger partial charge on any atom is -0.336 e. The fraction of sp³-hybridized carbons (Fsp3) is 0.438. The number of carbonyl (C=O) groups excluding carboxylic acids is 3. The summed E-state index contributed by atoms with van der Waals surface area (Å²) in [5.74, 6) is -1.86. The Morgan fingerprint density at radius 3 is 2.25 bits per heavy atom. The fourth-order valence-electron chi connectivity index (χ4n) is 3.00. The largest absolute Gasteiger partial charge is 0.336 e. The Kier molecular flexibility index (Phi) is 4.68. The van der Waals surface area contributed by atoms with E-state index < -0.39 is 29.0 Å². The van der Waals surface area contributed by atoms with Crippen LogP contribution in [0.15, 0.2) is 18.2 Å². The van der Waals surface area contributed by atoms with Crippen molar-refractivity contribution in [1.82, 2.24) is 9.80 Å². The van der Waals surface area contributed by atoms with E-state index in [1.54, 1.807) is 4.90 Å². The molecule has 0 saturated carbocycles. The highest BCUT2D eigenvalue weighted by atomic mass is 16.6. The van der Waals surface area contributed by atoms with Crippen LogP contribution in [-0.2, 0) is 4.79 Å². The molecule has 0 bridgehead atoms. The van der Waals surface area contributed by atoms with E-state index in [-0.39, 0.29) is 29.1 Å². The molecule has 1 aliphatic rings. The van der Waals surface area contributed by atoms with Crippen LogP contribution < -0.4 is 0 Å². The van der Waals surface area contributed by atoms with Gasteiger partial charge in [0.1, 0.15) is 12.1 Å². The molecule has 0 aliphatic carbocycles. The zero-order valence-electron chi connectivity index (χ0n) is 14.0. The normalized spacial score (nSPS) is 13.7. The van der Waals surface area contributed by atoms with Crippen LogP contribution in [0.3, 0.4) is 0 Å².